The average Bonchev–Trinajstić information content (AvgIpc) is 3.29. The van der Waals surface area contributed by atoms with Gasteiger partial charge in [-0.1, -0.05) is 34.9 Å². The van der Waals surface area contributed by atoms with Crippen LogP contribution in [0.3, 0.4) is 0 Å². The highest BCUT2D eigenvalue weighted by Gasteiger charge is 2.13. The first-order valence-electron chi connectivity index (χ1n) is 9.57. The molecule has 2 amide bonds. The molecule has 0 saturated carbocycles. The van der Waals surface area contributed by atoms with Gasteiger partial charge in [0, 0.05) is 36.6 Å². The molecule has 1 fully saturated rings. The Hall–Kier alpha value is -1.78. The lowest BCUT2D eigenvalue weighted by Crippen LogP contribution is -2.30. The summed E-state index contributed by atoms with van der Waals surface area (Å²) < 4.78 is 5.27. The third-order valence-corrected chi connectivity index (χ3v) is 6.31. The van der Waals surface area contributed by atoms with Crippen molar-refractivity contribution in [3.05, 3.63) is 17.7 Å². The summed E-state index contributed by atoms with van der Waals surface area (Å²) in [5.41, 5.74) is 0.0194. The van der Waals surface area contributed by atoms with Gasteiger partial charge in [-0.15, -0.1) is 0 Å². The summed E-state index contributed by atoms with van der Waals surface area (Å²) in [6.07, 6.45) is 3.77. The molecule has 1 aromatic rings. The molecule has 10 heteroatoms. The Morgan fingerprint density at radius 3 is 2.14 bits per heavy atom. The maximum absolute atomic E-state index is 11.8. The van der Waals surface area contributed by atoms with Gasteiger partial charge in [0.25, 0.3) is 5.91 Å². The van der Waals surface area contributed by atoms with Gasteiger partial charge in [0.15, 0.2) is 17.2 Å². The number of aromatic hydroxyl groups is 3. The van der Waals surface area contributed by atoms with Crippen LogP contribution in [-0.2, 0) is 9.53 Å². The van der Waals surface area contributed by atoms with E-state index in [1.807, 2.05) is 28.5 Å². The van der Waals surface area contributed by atoms with Crippen LogP contribution in [0.4, 0.5) is 0 Å². The molecule has 0 atom stereocenters. The second-order valence-corrected chi connectivity index (χ2v) is 8.88. The number of carbonyl (C=O) groups is 2. The molecule has 29 heavy (non-hydrogen) atoms. The van der Waals surface area contributed by atoms with Crippen molar-refractivity contribution in [2.75, 3.05) is 37.8 Å². The van der Waals surface area contributed by atoms with Gasteiger partial charge >= 0.3 is 0 Å². The van der Waals surface area contributed by atoms with Crippen LogP contribution in [0.2, 0.25) is 0 Å². The minimum Gasteiger partial charge on any atom is -0.504 e. The second-order valence-electron chi connectivity index (χ2n) is 6.18. The van der Waals surface area contributed by atoms with E-state index in [1.54, 1.807) is 0 Å². The molecule has 0 bridgehead atoms. The van der Waals surface area contributed by atoms with Gasteiger partial charge in [0.1, 0.15) is 0 Å². The quantitative estimate of drug-likeness (QED) is 0.211. The predicted molar refractivity (Wildman–Crippen MR) is 117 cm³/mol. The molecule has 0 unspecified atom stereocenters. The van der Waals surface area contributed by atoms with Crippen LogP contribution < -0.4 is 10.6 Å². The van der Waals surface area contributed by atoms with Gasteiger partial charge in [-0.05, 0) is 25.0 Å². The van der Waals surface area contributed by atoms with Crippen molar-refractivity contribution in [3.8, 4) is 17.2 Å². The lowest BCUT2D eigenvalue weighted by atomic mass is 10.1. The largest absolute Gasteiger partial charge is 0.504 e. The molecule has 1 aliphatic rings. The third-order valence-electron chi connectivity index (χ3n) is 3.73. The van der Waals surface area contributed by atoms with Gasteiger partial charge in [-0.3, -0.25) is 9.59 Å². The summed E-state index contributed by atoms with van der Waals surface area (Å²) in [5.74, 6) is 0.425. The summed E-state index contributed by atoms with van der Waals surface area (Å²) in [6.45, 7) is 3.26. The number of amides is 2. The number of hydrogen-bond acceptors (Lipinski definition) is 8. The lowest BCUT2D eigenvalue weighted by Gasteiger charge is -2.09. The highest BCUT2D eigenvalue weighted by Crippen LogP contribution is 2.35. The normalized spacial score (nSPS) is 12.7. The van der Waals surface area contributed by atoms with Gasteiger partial charge < -0.3 is 30.7 Å². The predicted octanol–water partition coefficient (Wildman–Crippen LogP) is 2.63. The van der Waals surface area contributed by atoms with Crippen LogP contribution in [0.5, 0.6) is 17.2 Å². The van der Waals surface area contributed by atoms with Crippen LogP contribution in [0.25, 0.3) is 0 Å². The number of phenolic OH excluding ortho intramolecular Hbond substituents is 3. The molecular formula is C19H30N2O6S2. The van der Waals surface area contributed by atoms with Crippen LogP contribution in [0.1, 0.15) is 43.0 Å². The van der Waals surface area contributed by atoms with Gasteiger partial charge in [-0.25, -0.2) is 0 Å². The van der Waals surface area contributed by atoms with E-state index in [2.05, 4.69) is 10.6 Å². The molecule has 0 spiro atoms. The summed E-state index contributed by atoms with van der Waals surface area (Å²) >= 11 is 0. The number of carbonyl (C=O) groups excluding carboxylic acids is 2. The van der Waals surface area contributed by atoms with E-state index in [9.17, 15) is 24.9 Å². The Bertz CT molecular complexity index is 611. The fraction of sp³-hybridized carbons (Fsp3) is 0.579. The molecular weight excluding hydrogens is 416 g/mol. The molecule has 8 nitrogen and oxygen atoms in total. The van der Waals surface area contributed by atoms with Crippen LogP contribution in [0, 0.1) is 0 Å². The lowest BCUT2D eigenvalue weighted by molar-refractivity contribution is -0.121. The van der Waals surface area contributed by atoms with Crippen molar-refractivity contribution in [2.24, 2.45) is 0 Å². The first kappa shape index (κ1) is 25.3. The number of benzene rings is 1. The third kappa shape index (κ3) is 11.1. The fourth-order valence-electron chi connectivity index (χ4n) is 2.16. The smallest absolute Gasteiger partial charge is 0.251 e. The van der Waals surface area contributed by atoms with Crippen molar-refractivity contribution >= 4 is 33.4 Å². The summed E-state index contributed by atoms with van der Waals surface area (Å²) in [7, 11) is 3.98. The number of unbranched alkanes of at least 4 members (excludes halogenated alkanes) is 1. The van der Waals surface area contributed by atoms with E-state index < -0.39 is 23.2 Å². The van der Waals surface area contributed by atoms with Gasteiger partial charge in [-0.2, -0.15) is 0 Å². The number of rotatable bonds is 10. The van der Waals surface area contributed by atoms with Gasteiger partial charge in [0.2, 0.25) is 5.91 Å². The zero-order chi connectivity index (χ0) is 21.5. The SMILES string of the molecule is C1CSSC1.CCCCC(=O)NCCOCCNC(=O)c1cc(O)c(O)c(O)c1. The molecule has 2 rings (SSSR count). The van der Waals surface area contributed by atoms with Crippen molar-refractivity contribution in [2.45, 2.75) is 32.6 Å². The molecule has 5 N–H and O–H groups in total. The maximum atomic E-state index is 11.8. The van der Waals surface area contributed by atoms with Crippen molar-refractivity contribution in [1.29, 1.82) is 0 Å². The van der Waals surface area contributed by atoms with Gasteiger partial charge in [0.05, 0.1) is 13.2 Å². The minimum atomic E-state index is -0.670. The zero-order valence-corrected chi connectivity index (χ0v) is 18.2. The number of nitrogens with one attached hydrogen (secondary N) is 2. The Morgan fingerprint density at radius 2 is 1.62 bits per heavy atom. The van der Waals surface area contributed by atoms with E-state index in [1.165, 1.54) is 17.9 Å². The van der Waals surface area contributed by atoms with E-state index in [0.29, 0.717) is 19.6 Å². The van der Waals surface area contributed by atoms with Crippen molar-refractivity contribution in [3.63, 3.8) is 0 Å². The molecule has 0 aliphatic carbocycles. The monoisotopic (exact) mass is 446 g/mol. The summed E-state index contributed by atoms with van der Waals surface area (Å²) in [4.78, 5) is 23.1. The highest BCUT2D eigenvalue weighted by molar-refractivity contribution is 8.77. The van der Waals surface area contributed by atoms with Crippen molar-refractivity contribution in [1.82, 2.24) is 10.6 Å². The van der Waals surface area contributed by atoms with Crippen molar-refractivity contribution < 1.29 is 29.6 Å². The molecule has 1 heterocycles. The standard InChI is InChI=1S/C16H24N2O6.C3H6S2/c1-2-3-4-14(21)17-5-7-24-8-6-18-16(23)11-9-12(19)15(22)13(20)10-11;1-2-4-5-3-1/h9-10,19-20,22H,2-8H2,1H3,(H,17,21)(H,18,23);1-3H2. The molecule has 1 aliphatic heterocycles. The number of ether oxygens (including phenoxy) is 1. The Kier molecular flexibility index (Phi) is 13.2. The molecule has 164 valence electrons. The van der Waals surface area contributed by atoms with E-state index in [-0.39, 0.29) is 24.6 Å². The molecule has 0 radical (unpaired) electrons. The highest BCUT2D eigenvalue weighted by atomic mass is 33.1. The molecule has 1 saturated heterocycles. The topological polar surface area (TPSA) is 128 Å². The minimum absolute atomic E-state index is 0.000647. The Morgan fingerprint density at radius 1 is 1.03 bits per heavy atom. The van der Waals surface area contributed by atoms with Crippen LogP contribution in [-0.4, -0.2) is 64.9 Å². The molecule has 0 aromatic heterocycles. The zero-order valence-electron chi connectivity index (χ0n) is 16.6. The average molecular weight is 447 g/mol. The first-order valence-corrected chi connectivity index (χ1v) is 12.1. The number of hydrogen-bond donors (Lipinski definition) is 5. The number of phenols is 3. The first-order chi connectivity index (χ1) is 14.0. The fourth-order valence-corrected chi connectivity index (χ4v) is 4.52. The van der Waals surface area contributed by atoms with E-state index in [4.69, 9.17) is 4.74 Å². The van der Waals surface area contributed by atoms with Crippen LogP contribution >= 0.6 is 21.6 Å². The second kappa shape index (κ2) is 15.1. The summed E-state index contributed by atoms with van der Waals surface area (Å²) in [6, 6.07) is 2.11. The molecule has 1 aromatic carbocycles. The van der Waals surface area contributed by atoms with E-state index >= 15 is 0 Å². The Labute approximate surface area is 179 Å². The Balaban J connectivity index is 0.000000726. The summed E-state index contributed by atoms with van der Waals surface area (Å²) in [5, 5.41) is 33.2. The van der Waals surface area contributed by atoms with Crippen LogP contribution in [0.15, 0.2) is 12.1 Å². The van der Waals surface area contributed by atoms with E-state index in [0.717, 1.165) is 25.0 Å². The maximum Gasteiger partial charge on any atom is 0.251 e.